The van der Waals surface area contributed by atoms with Gasteiger partial charge in [0, 0.05) is 31.4 Å². The third-order valence-corrected chi connectivity index (χ3v) is 4.06. The molecule has 2 rings (SSSR count). The molecule has 20 heavy (non-hydrogen) atoms. The first-order valence-electron chi connectivity index (χ1n) is 7.20. The first-order chi connectivity index (χ1) is 9.61. The normalized spacial score (nSPS) is 16.2. The average Bonchev–Trinajstić information content (AvgIpc) is 3.01. The summed E-state index contributed by atoms with van der Waals surface area (Å²) in [5.74, 6) is 1.31. The minimum Gasteiger partial charge on any atom is -0.334 e. The lowest BCUT2D eigenvalue weighted by atomic mass is 10.1. The molecule has 1 fully saturated rings. The van der Waals surface area contributed by atoms with Crippen molar-refractivity contribution in [2.75, 3.05) is 24.3 Å². The van der Waals surface area contributed by atoms with E-state index < -0.39 is 0 Å². The molecule has 4 nitrogen and oxygen atoms in total. The molecule has 4 heteroatoms. The molecule has 0 bridgehead atoms. The fourth-order valence-corrected chi connectivity index (χ4v) is 2.54. The topological polar surface area (TPSA) is 44.7 Å². The highest BCUT2D eigenvalue weighted by atomic mass is 16.1. The van der Waals surface area contributed by atoms with E-state index in [4.69, 9.17) is 0 Å². The SMILES string of the molecule is CN=C(C)N(C)c1ccc(NC(=O)C2CCCC2)cc1. The Labute approximate surface area is 120 Å². The average molecular weight is 273 g/mol. The molecule has 1 N–H and O–H groups in total. The molecule has 108 valence electrons. The predicted octanol–water partition coefficient (Wildman–Crippen LogP) is 3.30. The Morgan fingerprint density at radius 3 is 2.40 bits per heavy atom. The van der Waals surface area contributed by atoms with E-state index in [1.54, 1.807) is 7.05 Å². The molecule has 0 aliphatic heterocycles. The minimum absolute atomic E-state index is 0.162. The van der Waals surface area contributed by atoms with Gasteiger partial charge in [-0.3, -0.25) is 9.79 Å². The number of aliphatic imine (C=N–C) groups is 1. The van der Waals surface area contributed by atoms with Crippen molar-refractivity contribution >= 4 is 23.1 Å². The van der Waals surface area contributed by atoms with Crippen LogP contribution in [-0.2, 0) is 4.79 Å². The van der Waals surface area contributed by atoms with E-state index in [9.17, 15) is 4.79 Å². The number of carbonyl (C=O) groups is 1. The summed E-state index contributed by atoms with van der Waals surface area (Å²) in [4.78, 5) is 18.2. The fourth-order valence-electron chi connectivity index (χ4n) is 2.54. The van der Waals surface area contributed by atoms with Crippen molar-refractivity contribution in [2.45, 2.75) is 32.6 Å². The highest BCUT2D eigenvalue weighted by molar-refractivity contribution is 5.96. The maximum atomic E-state index is 12.0. The summed E-state index contributed by atoms with van der Waals surface area (Å²) in [7, 11) is 3.76. The monoisotopic (exact) mass is 273 g/mol. The molecule has 0 aromatic heterocycles. The second kappa shape index (κ2) is 6.55. The molecule has 0 unspecified atom stereocenters. The minimum atomic E-state index is 0.162. The second-order valence-corrected chi connectivity index (χ2v) is 5.35. The molecule has 0 atom stereocenters. The summed E-state index contributed by atoms with van der Waals surface area (Å²) in [6, 6.07) is 7.89. The van der Waals surface area contributed by atoms with Crippen LogP contribution in [0.1, 0.15) is 32.6 Å². The van der Waals surface area contributed by atoms with Gasteiger partial charge in [0.1, 0.15) is 0 Å². The summed E-state index contributed by atoms with van der Waals surface area (Å²) < 4.78 is 0. The summed E-state index contributed by atoms with van der Waals surface area (Å²) in [5.41, 5.74) is 1.93. The highest BCUT2D eigenvalue weighted by Gasteiger charge is 2.22. The number of anilines is 2. The Morgan fingerprint density at radius 2 is 1.85 bits per heavy atom. The van der Waals surface area contributed by atoms with E-state index in [2.05, 4.69) is 10.3 Å². The Kier molecular flexibility index (Phi) is 4.77. The lowest BCUT2D eigenvalue weighted by molar-refractivity contribution is -0.119. The van der Waals surface area contributed by atoms with Crippen molar-refractivity contribution in [2.24, 2.45) is 10.9 Å². The number of benzene rings is 1. The van der Waals surface area contributed by atoms with Crippen LogP contribution in [0.15, 0.2) is 29.3 Å². The fraction of sp³-hybridized carbons (Fsp3) is 0.500. The molecule has 1 amide bonds. The summed E-state index contributed by atoms with van der Waals surface area (Å²) >= 11 is 0. The molecule has 1 aromatic rings. The highest BCUT2D eigenvalue weighted by Crippen LogP contribution is 2.26. The standard InChI is InChI=1S/C16H23N3O/c1-12(17-2)19(3)15-10-8-14(9-11-15)18-16(20)13-6-4-5-7-13/h8-11,13H,4-7H2,1-3H3,(H,18,20). The third-order valence-electron chi connectivity index (χ3n) is 4.06. The van der Waals surface area contributed by atoms with Crippen molar-refractivity contribution in [1.29, 1.82) is 0 Å². The molecule has 0 heterocycles. The van der Waals surface area contributed by atoms with Crippen LogP contribution >= 0.6 is 0 Å². The van der Waals surface area contributed by atoms with E-state index in [1.807, 2.05) is 43.1 Å². The van der Waals surface area contributed by atoms with Crippen LogP contribution in [-0.4, -0.2) is 25.8 Å². The molecule has 0 spiro atoms. The summed E-state index contributed by atoms with van der Waals surface area (Å²) in [6.45, 7) is 1.97. The van der Waals surface area contributed by atoms with Gasteiger partial charge in [0.15, 0.2) is 0 Å². The quantitative estimate of drug-likeness (QED) is 0.678. The summed E-state index contributed by atoms with van der Waals surface area (Å²) in [5, 5.41) is 3.01. The zero-order valence-electron chi connectivity index (χ0n) is 12.5. The van der Waals surface area contributed by atoms with Crippen LogP contribution in [0.4, 0.5) is 11.4 Å². The van der Waals surface area contributed by atoms with E-state index >= 15 is 0 Å². The van der Waals surface area contributed by atoms with Gasteiger partial charge in [0.25, 0.3) is 0 Å². The molecule has 1 aliphatic carbocycles. The van der Waals surface area contributed by atoms with Crippen LogP contribution in [0.5, 0.6) is 0 Å². The van der Waals surface area contributed by atoms with E-state index in [0.29, 0.717) is 0 Å². The van der Waals surface area contributed by atoms with Crippen LogP contribution in [0, 0.1) is 5.92 Å². The smallest absolute Gasteiger partial charge is 0.227 e. The second-order valence-electron chi connectivity index (χ2n) is 5.35. The number of rotatable bonds is 3. The number of amides is 1. The van der Waals surface area contributed by atoms with E-state index in [-0.39, 0.29) is 11.8 Å². The van der Waals surface area contributed by atoms with Crippen molar-refractivity contribution in [3.05, 3.63) is 24.3 Å². The molecular formula is C16H23N3O. The van der Waals surface area contributed by atoms with Crippen molar-refractivity contribution in [3.63, 3.8) is 0 Å². The van der Waals surface area contributed by atoms with Crippen LogP contribution < -0.4 is 10.2 Å². The first kappa shape index (κ1) is 14.6. The van der Waals surface area contributed by atoms with Crippen LogP contribution in [0.2, 0.25) is 0 Å². The van der Waals surface area contributed by atoms with Crippen molar-refractivity contribution < 1.29 is 4.79 Å². The van der Waals surface area contributed by atoms with Crippen molar-refractivity contribution in [3.8, 4) is 0 Å². The van der Waals surface area contributed by atoms with Gasteiger partial charge in [-0.05, 0) is 44.0 Å². The molecule has 0 radical (unpaired) electrons. The zero-order chi connectivity index (χ0) is 14.5. The van der Waals surface area contributed by atoms with Gasteiger partial charge in [0.2, 0.25) is 5.91 Å². The van der Waals surface area contributed by atoms with E-state index in [1.165, 1.54) is 12.8 Å². The number of amidine groups is 1. The van der Waals surface area contributed by atoms with Crippen LogP contribution in [0.3, 0.4) is 0 Å². The Bertz CT molecular complexity index is 487. The van der Waals surface area contributed by atoms with Gasteiger partial charge >= 0.3 is 0 Å². The van der Waals surface area contributed by atoms with Crippen molar-refractivity contribution in [1.82, 2.24) is 0 Å². The van der Waals surface area contributed by atoms with Gasteiger partial charge in [0.05, 0.1) is 5.84 Å². The summed E-state index contributed by atoms with van der Waals surface area (Å²) in [6.07, 6.45) is 4.41. The van der Waals surface area contributed by atoms with Gasteiger partial charge in [-0.15, -0.1) is 0 Å². The number of hydrogen-bond donors (Lipinski definition) is 1. The zero-order valence-corrected chi connectivity index (χ0v) is 12.5. The van der Waals surface area contributed by atoms with Gasteiger partial charge in [-0.25, -0.2) is 0 Å². The maximum Gasteiger partial charge on any atom is 0.227 e. The molecule has 1 aromatic carbocycles. The third kappa shape index (κ3) is 3.38. The molecule has 0 saturated heterocycles. The molecule has 1 saturated carbocycles. The predicted molar refractivity (Wildman–Crippen MR) is 84.5 cm³/mol. The maximum absolute atomic E-state index is 12.0. The van der Waals surface area contributed by atoms with Gasteiger partial charge in [-0.2, -0.15) is 0 Å². The van der Waals surface area contributed by atoms with E-state index in [0.717, 1.165) is 30.1 Å². The number of carbonyl (C=O) groups excluding carboxylic acids is 1. The lowest BCUT2D eigenvalue weighted by Crippen LogP contribution is -2.23. The number of hydrogen-bond acceptors (Lipinski definition) is 2. The lowest BCUT2D eigenvalue weighted by Gasteiger charge is -2.19. The number of nitrogens with one attached hydrogen (secondary N) is 1. The first-order valence-corrected chi connectivity index (χ1v) is 7.20. The molecule has 1 aliphatic rings. The number of nitrogens with zero attached hydrogens (tertiary/aromatic N) is 2. The Balaban J connectivity index is 1.99. The molecular weight excluding hydrogens is 250 g/mol. The van der Waals surface area contributed by atoms with Gasteiger partial charge < -0.3 is 10.2 Å². The largest absolute Gasteiger partial charge is 0.334 e. The Hall–Kier alpha value is -1.84. The Morgan fingerprint density at radius 1 is 1.25 bits per heavy atom. The van der Waals surface area contributed by atoms with Crippen LogP contribution in [0.25, 0.3) is 0 Å². The van der Waals surface area contributed by atoms with Gasteiger partial charge in [-0.1, -0.05) is 12.8 Å².